The van der Waals surface area contributed by atoms with Gasteiger partial charge >= 0.3 is 5.97 Å². The van der Waals surface area contributed by atoms with E-state index in [9.17, 15) is 9.59 Å². The number of hydrogen-bond donors (Lipinski definition) is 1. The van der Waals surface area contributed by atoms with Crippen molar-refractivity contribution < 1.29 is 14.7 Å². The molecule has 0 radical (unpaired) electrons. The second-order valence-corrected chi connectivity index (χ2v) is 4.91. The predicted molar refractivity (Wildman–Crippen MR) is 64.4 cm³/mol. The van der Waals surface area contributed by atoms with E-state index in [0.29, 0.717) is 6.54 Å². The van der Waals surface area contributed by atoms with Gasteiger partial charge in [0.1, 0.15) is 5.69 Å². The van der Waals surface area contributed by atoms with E-state index in [-0.39, 0.29) is 16.6 Å². The highest BCUT2D eigenvalue weighted by molar-refractivity contribution is 7.98. The Morgan fingerprint density at radius 2 is 2.31 bits per heavy atom. The fourth-order valence-corrected chi connectivity index (χ4v) is 2.08. The Balaban J connectivity index is 2.68. The first-order valence-electron chi connectivity index (χ1n) is 4.49. The van der Waals surface area contributed by atoms with Crippen LogP contribution in [0.4, 0.5) is 0 Å². The van der Waals surface area contributed by atoms with Gasteiger partial charge in [0.2, 0.25) is 5.01 Å². The third kappa shape index (κ3) is 3.21. The minimum Gasteiger partial charge on any atom is -0.476 e. The second-order valence-electron chi connectivity index (χ2n) is 3.06. The molecule has 0 aliphatic rings. The maximum Gasteiger partial charge on any atom is 0.365 e. The van der Waals surface area contributed by atoms with E-state index in [2.05, 4.69) is 4.98 Å². The van der Waals surface area contributed by atoms with Gasteiger partial charge in [0, 0.05) is 24.7 Å². The normalized spacial score (nSPS) is 10.1. The monoisotopic (exact) mass is 260 g/mol. The van der Waals surface area contributed by atoms with Crippen LogP contribution in [-0.4, -0.2) is 52.5 Å². The quantitative estimate of drug-likeness (QED) is 0.863. The van der Waals surface area contributed by atoms with Gasteiger partial charge in [-0.15, -0.1) is 11.3 Å². The van der Waals surface area contributed by atoms with Crippen molar-refractivity contribution in [3.8, 4) is 0 Å². The molecule has 0 fully saturated rings. The van der Waals surface area contributed by atoms with Crippen molar-refractivity contribution in [1.29, 1.82) is 0 Å². The first-order chi connectivity index (χ1) is 7.56. The molecule has 0 aliphatic carbocycles. The van der Waals surface area contributed by atoms with Gasteiger partial charge in [0.05, 0.1) is 0 Å². The number of amides is 1. The number of carbonyl (C=O) groups is 2. The number of rotatable bonds is 5. The lowest BCUT2D eigenvalue weighted by molar-refractivity contribution is 0.0696. The number of hydrogen-bond acceptors (Lipinski definition) is 5. The Kier molecular flexibility index (Phi) is 4.75. The molecular weight excluding hydrogens is 248 g/mol. The first-order valence-corrected chi connectivity index (χ1v) is 6.77. The van der Waals surface area contributed by atoms with Gasteiger partial charge in [-0.2, -0.15) is 11.8 Å². The van der Waals surface area contributed by atoms with Gasteiger partial charge in [0.15, 0.2) is 0 Å². The Labute approximate surface area is 101 Å². The number of aromatic nitrogens is 1. The highest BCUT2D eigenvalue weighted by Crippen LogP contribution is 2.11. The topological polar surface area (TPSA) is 70.5 Å². The third-order valence-electron chi connectivity index (χ3n) is 1.88. The largest absolute Gasteiger partial charge is 0.476 e. The lowest BCUT2D eigenvalue weighted by atomic mass is 10.4. The predicted octanol–water partition coefficient (Wildman–Crippen LogP) is 1.28. The van der Waals surface area contributed by atoms with E-state index in [0.717, 1.165) is 17.1 Å². The van der Waals surface area contributed by atoms with Crippen molar-refractivity contribution in [1.82, 2.24) is 9.88 Å². The summed E-state index contributed by atoms with van der Waals surface area (Å²) in [4.78, 5) is 27.7. The summed E-state index contributed by atoms with van der Waals surface area (Å²) in [6, 6.07) is 0. The first kappa shape index (κ1) is 13.0. The van der Waals surface area contributed by atoms with Crippen LogP contribution in [0.25, 0.3) is 0 Å². The zero-order valence-electron chi connectivity index (χ0n) is 8.97. The molecule has 1 amide bonds. The lowest BCUT2D eigenvalue weighted by Crippen LogP contribution is -2.29. The molecule has 0 atom stereocenters. The molecule has 1 heterocycles. The van der Waals surface area contributed by atoms with Crippen molar-refractivity contribution in [3.63, 3.8) is 0 Å². The van der Waals surface area contributed by atoms with E-state index in [1.54, 1.807) is 18.8 Å². The summed E-state index contributed by atoms with van der Waals surface area (Å²) in [5.41, 5.74) is 0.200. The Bertz CT molecular complexity index is 392. The average Bonchev–Trinajstić information content (AvgIpc) is 2.74. The minimum absolute atomic E-state index is 0.0541. The van der Waals surface area contributed by atoms with Crippen molar-refractivity contribution >= 4 is 35.0 Å². The van der Waals surface area contributed by atoms with Crippen molar-refractivity contribution in [2.45, 2.75) is 0 Å². The molecule has 1 rings (SSSR count). The van der Waals surface area contributed by atoms with E-state index >= 15 is 0 Å². The number of carboxylic acids is 1. The number of aromatic carboxylic acids is 1. The number of thioether (sulfide) groups is 1. The SMILES string of the molecule is CSCCN(C)C(=O)c1csc(C(=O)O)n1. The van der Waals surface area contributed by atoms with Gasteiger partial charge in [0.25, 0.3) is 5.91 Å². The minimum atomic E-state index is -1.10. The van der Waals surface area contributed by atoms with Crippen LogP contribution in [0.2, 0.25) is 0 Å². The summed E-state index contributed by atoms with van der Waals surface area (Å²) in [6.07, 6.45) is 1.96. The van der Waals surface area contributed by atoms with Crippen LogP contribution < -0.4 is 0 Å². The standard InChI is InChI=1S/C9H12N2O3S2/c1-11(3-4-15-2)8(12)6-5-16-7(10-6)9(13)14/h5H,3-4H2,1-2H3,(H,13,14). The third-order valence-corrected chi connectivity index (χ3v) is 3.30. The summed E-state index contributed by atoms with van der Waals surface area (Å²) in [7, 11) is 1.68. The van der Waals surface area contributed by atoms with Gasteiger partial charge in [-0.3, -0.25) is 4.79 Å². The number of nitrogens with zero attached hydrogens (tertiary/aromatic N) is 2. The molecule has 88 valence electrons. The molecule has 7 heteroatoms. The van der Waals surface area contributed by atoms with Crippen LogP contribution in [0.15, 0.2) is 5.38 Å². The van der Waals surface area contributed by atoms with Gasteiger partial charge in [-0.05, 0) is 6.26 Å². The fourth-order valence-electron chi connectivity index (χ4n) is 0.996. The highest BCUT2D eigenvalue weighted by atomic mass is 32.2. The number of thiazole rings is 1. The zero-order valence-corrected chi connectivity index (χ0v) is 10.6. The average molecular weight is 260 g/mol. The molecule has 0 aromatic carbocycles. The Hall–Kier alpha value is -1.08. The van der Waals surface area contributed by atoms with Crippen LogP contribution in [0, 0.1) is 0 Å². The van der Waals surface area contributed by atoms with E-state index < -0.39 is 5.97 Å². The molecule has 16 heavy (non-hydrogen) atoms. The van der Waals surface area contributed by atoms with Crippen LogP contribution in [-0.2, 0) is 0 Å². The molecule has 1 aromatic rings. The van der Waals surface area contributed by atoms with E-state index in [1.807, 2.05) is 6.26 Å². The maximum absolute atomic E-state index is 11.8. The summed E-state index contributed by atoms with van der Waals surface area (Å²) >= 11 is 2.61. The Morgan fingerprint density at radius 3 is 2.81 bits per heavy atom. The van der Waals surface area contributed by atoms with Crippen LogP contribution in [0.1, 0.15) is 20.3 Å². The van der Waals surface area contributed by atoms with E-state index in [1.165, 1.54) is 10.3 Å². The van der Waals surface area contributed by atoms with Gasteiger partial charge in [-0.1, -0.05) is 0 Å². The summed E-state index contributed by atoms with van der Waals surface area (Å²) in [5, 5.41) is 10.1. The molecule has 0 saturated heterocycles. The van der Waals surface area contributed by atoms with Crippen molar-refractivity contribution in [3.05, 3.63) is 16.1 Å². The van der Waals surface area contributed by atoms with Crippen LogP contribution >= 0.6 is 23.1 Å². The highest BCUT2D eigenvalue weighted by Gasteiger charge is 2.17. The van der Waals surface area contributed by atoms with Crippen molar-refractivity contribution in [2.75, 3.05) is 25.6 Å². The Morgan fingerprint density at radius 1 is 1.62 bits per heavy atom. The number of carboxylic acid groups (broad SMARTS) is 1. The van der Waals surface area contributed by atoms with Crippen LogP contribution in [0.3, 0.4) is 0 Å². The molecule has 0 unspecified atom stereocenters. The van der Waals surface area contributed by atoms with Crippen LogP contribution in [0.5, 0.6) is 0 Å². The van der Waals surface area contributed by atoms with Gasteiger partial charge < -0.3 is 10.0 Å². The summed E-state index contributed by atoms with van der Waals surface area (Å²) in [6.45, 7) is 0.625. The zero-order chi connectivity index (χ0) is 12.1. The molecule has 0 aliphatic heterocycles. The van der Waals surface area contributed by atoms with Gasteiger partial charge in [-0.25, -0.2) is 9.78 Å². The molecular formula is C9H12N2O3S2. The second kappa shape index (κ2) is 5.86. The lowest BCUT2D eigenvalue weighted by Gasteiger charge is -2.14. The van der Waals surface area contributed by atoms with E-state index in [4.69, 9.17) is 5.11 Å². The fraction of sp³-hybridized carbons (Fsp3) is 0.444. The molecule has 5 nitrogen and oxygen atoms in total. The molecule has 0 bridgehead atoms. The maximum atomic E-state index is 11.8. The molecule has 0 saturated carbocycles. The molecule has 0 spiro atoms. The molecule has 1 N–H and O–H groups in total. The number of carbonyl (C=O) groups excluding carboxylic acids is 1. The summed E-state index contributed by atoms with van der Waals surface area (Å²) in [5.74, 6) is -0.494. The summed E-state index contributed by atoms with van der Waals surface area (Å²) < 4.78 is 0. The molecule has 1 aromatic heterocycles. The smallest absolute Gasteiger partial charge is 0.365 e. The van der Waals surface area contributed by atoms with Crippen molar-refractivity contribution in [2.24, 2.45) is 0 Å².